The van der Waals surface area contributed by atoms with Crippen LogP contribution in [-0.4, -0.2) is 40.1 Å². The maximum Gasteiger partial charge on any atom is 0.117 e. The van der Waals surface area contributed by atoms with Crippen molar-refractivity contribution >= 4 is 15.8 Å². The van der Waals surface area contributed by atoms with Crippen molar-refractivity contribution in [2.45, 2.75) is 82.6 Å². The van der Waals surface area contributed by atoms with Gasteiger partial charge in [0.25, 0.3) is 0 Å². The van der Waals surface area contributed by atoms with Gasteiger partial charge in [-0.3, -0.25) is 4.90 Å². The van der Waals surface area contributed by atoms with E-state index in [1.807, 2.05) is 12.3 Å². The van der Waals surface area contributed by atoms with Crippen LogP contribution >= 0.6 is 15.8 Å². The molecule has 0 aliphatic carbocycles. The summed E-state index contributed by atoms with van der Waals surface area (Å²) in [6, 6.07) is 4.18. The largest absolute Gasteiger partial charge is 0.468 e. The number of furan rings is 1. The Morgan fingerprint density at radius 2 is 1.39 bits per heavy atom. The molecule has 0 radical (unpaired) electrons. The predicted octanol–water partition coefficient (Wildman–Crippen LogP) is 6.10. The zero-order valence-electron chi connectivity index (χ0n) is 15.2. The number of nitrogens with zero attached hydrogens (tertiary/aromatic N) is 1. The van der Waals surface area contributed by atoms with E-state index in [4.69, 9.17) is 4.42 Å². The van der Waals surface area contributed by atoms with Crippen LogP contribution in [0.1, 0.15) is 59.1 Å². The Morgan fingerprint density at radius 1 is 0.913 bits per heavy atom. The second-order valence-electron chi connectivity index (χ2n) is 7.77. The van der Waals surface area contributed by atoms with Crippen molar-refractivity contribution < 1.29 is 4.42 Å². The van der Waals surface area contributed by atoms with E-state index in [-0.39, 0.29) is 15.8 Å². The zero-order chi connectivity index (χ0) is 16.4. The van der Waals surface area contributed by atoms with Gasteiger partial charge < -0.3 is 4.42 Å². The van der Waals surface area contributed by atoms with Crippen LogP contribution in [0.25, 0.3) is 0 Å². The lowest BCUT2D eigenvalue weighted by Crippen LogP contribution is -2.27. The van der Waals surface area contributed by atoms with Gasteiger partial charge in [0.2, 0.25) is 0 Å². The Bertz CT molecular complexity index is 432. The Labute approximate surface area is 144 Å². The summed E-state index contributed by atoms with van der Waals surface area (Å²) in [7, 11) is 0.314. The molecule has 2 saturated heterocycles. The topological polar surface area (TPSA) is 16.4 Å². The van der Waals surface area contributed by atoms with Crippen LogP contribution in [0, 0.1) is 0 Å². The van der Waals surface area contributed by atoms with E-state index >= 15 is 0 Å². The molecule has 0 unspecified atom stereocenters. The molecule has 0 spiro atoms. The van der Waals surface area contributed by atoms with Crippen LogP contribution in [0.2, 0.25) is 0 Å². The molecule has 23 heavy (non-hydrogen) atoms. The number of hydrogen-bond acceptors (Lipinski definition) is 2. The van der Waals surface area contributed by atoms with Crippen molar-refractivity contribution in [3.05, 3.63) is 24.2 Å². The van der Waals surface area contributed by atoms with Gasteiger partial charge in [-0.15, -0.1) is 0 Å². The summed E-state index contributed by atoms with van der Waals surface area (Å²) in [5, 5.41) is 0. The minimum absolute atomic E-state index is 0.157. The van der Waals surface area contributed by atoms with Gasteiger partial charge in [0.05, 0.1) is 12.8 Å². The Balaban J connectivity index is 1.68. The highest BCUT2D eigenvalue weighted by molar-refractivity contribution is 7.60. The first-order valence-corrected chi connectivity index (χ1v) is 12.6. The normalized spacial score (nSPS) is 33.1. The van der Waals surface area contributed by atoms with Crippen molar-refractivity contribution in [2.24, 2.45) is 0 Å². The maximum atomic E-state index is 5.67. The summed E-state index contributed by atoms with van der Waals surface area (Å²) in [4.78, 5) is 2.77. The van der Waals surface area contributed by atoms with Gasteiger partial charge in [0.1, 0.15) is 5.76 Å². The van der Waals surface area contributed by atoms with E-state index in [2.05, 4.69) is 38.7 Å². The first kappa shape index (κ1) is 17.9. The van der Waals surface area contributed by atoms with Gasteiger partial charge in [0.15, 0.2) is 0 Å². The van der Waals surface area contributed by atoms with Gasteiger partial charge in [-0.25, -0.2) is 0 Å². The molecule has 130 valence electrons. The lowest BCUT2D eigenvalue weighted by Gasteiger charge is -2.34. The van der Waals surface area contributed by atoms with E-state index in [0.29, 0.717) is 0 Å². The summed E-state index contributed by atoms with van der Waals surface area (Å²) in [6.45, 7) is 11.0. The van der Waals surface area contributed by atoms with Crippen molar-refractivity contribution in [1.82, 2.24) is 4.90 Å². The second-order valence-corrected chi connectivity index (χ2v) is 13.9. The number of rotatable bonds is 6. The zero-order valence-corrected chi connectivity index (χ0v) is 17.0. The van der Waals surface area contributed by atoms with Crippen molar-refractivity contribution in [2.75, 3.05) is 12.6 Å². The van der Waals surface area contributed by atoms with E-state index in [9.17, 15) is 0 Å². The minimum Gasteiger partial charge on any atom is -0.468 e. The van der Waals surface area contributed by atoms with Crippen LogP contribution in [0.5, 0.6) is 0 Å². The summed E-state index contributed by atoms with van der Waals surface area (Å²) in [5.41, 5.74) is 3.80. The van der Waals surface area contributed by atoms with Crippen LogP contribution in [0.4, 0.5) is 0 Å². The van der Waals surface area contributed by atoms with E-state index in [0.717, 1.165) is 34.9 Å². The molecule has 0 aromatic carbocycles. The van der Waals surface area contributed by atoms with Gasteiger partial charge >= 0.3 is 0 Å². The SMILES string of the molecule is C[C@@H]1CC[C@@H](C)P1CN(Cc1ccco1)CP1[C@H](C)CC[C@H]1C. The molecule has 4 heteroatoms. The highest BCUT2D eigenvalue weighted by atomic mass is 31.1. The molecule has 3 heterocycles. The molecule has 0 saturated carbocycles. The molecular weight excluding hydrogens is 320 g/mol. The van der Waals surface area contributed by atoms with Crippen LogP contribution in [-0.2, 0) is 6.54 Å². The fourth-order valence-electron chi connectivity index (χ4n) is 4.28. The van der Waals surface area contributed by atoms with Gasteiger partial charge in [0, 0.05) is 12.6 Å². The molecule has 0 bridgehead atoms. The van der Waals surface area contributed by atoms with E-state index in [1.54, 1.807) is 0 Å². The Morgan fingerprint density at radius 3 is 1.78 bits per heavy atom. The third-order valence-corrected chi connectivity index (χ3v) is 13.0. The van der Waals surface area contributed by atoms with Gasteiger partial charge in [-0.05, 0) is 60.5 Å². The fourth-order valence-corrected chi connectivity index (χ4v) is 10.5. The molecular formula is C19H33NOP2. The average molecular weight is 353 g/mol. The minimum atomic E-state index is 0.157. The quantitative estimate of drug-likeness (QED) is 0.574. The van der Waals surface area contributed by atoms with Crippen molar-refractivity contribution in [3.8, 4) is 0 Å². The van der Waals surface area contributed by atoms with Gasteiger partial charge in [-0.2, -0.15) is 0 Å². The molecule has 0 N–H and O–H groups in total. The lowest BCUT2D eigenvalue weighted by atomic mass is 10.2. The van der Waals surface area contributed by atoms with Crippen molar-refractivity contribution in [3.63, 3.8) is 0 Å². The Hall–Kier alpha value is 0.100. The standard InChI is InChI=1S/C19H33NOP2/c1-15-7-8-16(2)22(15)13-20(12-19-6-5-11-21-19)14-23-17(3)9-10-18(23)4/h5-6,11,15-18H,7-10,12-14H2,1-4H3/t15-,16-,17-,18-/m1/s1. The fraction of sp³-hybridized carbons (Fsp3) is 0.789. The van der Waals surface area contributed by atoms with Crippen LogP contribution < -0.4 is 0 Å². The van der Waals surface area contributed by atoms with E-state index in [1.165, 1.54) is 38.3 Å². The highest BCUT2D eigenvalue weighted by Crippen LogP contribution is 2.59. The monoisotopic (exact) mass is 353 g/mol. The molecule has 3 rings (SSSR count). The van der Waals surface area contributed by atoms with Crippen LogP contribution in [0.3, 0.4) is 0 Å². The third kappa shape index (κ3) is 4.39. The smallest absolute Gasteiger partial charge is 0.117 e. The Kier molecular flexibility index (Phi) is 6.22. The highest BCUT2D eigenvalue weighted by Gasteiger charge is 2.35. The first-order valence-electron chi connectivity index (χ1n) is 9.31. The molecule has 2 nitrogen and oxygen atoms in total. The molecule has 4 atom stereocenters. The second kappa shape index (κ2) is 7.99. The molecule has 2 aliphatic heterocycles. The summed E-state index contributed by atoms with van der Waals surface area (Å²) in [5.74, 6) is 1.15. The maximum absolute atomic E-state index is 5.67. The van der Waals surface area contributed by atoms with E-state index < -0.39 is 0 Å². The summed E-state index contributed by atoms with van der Waals surface area (Å²) < 4.78 is 5.67. The van der Waals surface area contributed by atoms with Crippen LogP contribution in [0.15, 0.2) is 22.8 Å². The average Bonchev–Trinajstić information content (AvgIpc) is 3.21. The molecule has 2 fully saturated rings. The molecule has 1 aromatic heterocycles. The molecule has 2 aliphatic rings. The summed E-state index contributed by atoms with van der Waals surface area (Å²) >= 11 is 0. The predicted molar refractivity (Wildman–Crippen MR) is 104 cm³/mol. The lowest BCUT2D eigenvalue weighted by molar-refractivity contribution is 0.321. The number of hydrogen-bond donors (Lipinski definition) is 0. The van der Waals surface area contributed by atoms with Crippen molar-refractivity contribution in [1.29, 1.82) is 0 Å². The first-order chi connectivity index (χ1) is 11.0. The molecule has 1 aromatic rings. The van der Waals surface area contributed by atoms with Gasteiger partial charge in [-0.1, -0.05) is 43.5 Å². The third-order valence-electron chi connectivity index (χ3n) is 5.96. The molecule has 0 amide bonds. The summed E-state index contributed by atoms with van der Waals surface area (Å²) in [6.07, 6.45) is 10.3.